The molecule has 0 spiro atoms. The van der Waals surface area contributed by atoms with Crippen LogP contribution >= 0.6 is 0 Å². The van der Waals surface area contributed by atoms with E-state index in [0.29, 0.717) is 30.0 Å². The van der Waals surface area contributed by atoms with Crippen molar-refractivity contribution in [3.63, 3.8) is 0 Å². The molecule has 0 aromatic heterocycles. The van der Waals surface area contributed by atoms with Crippen LogP contribution in [0.15, 0.2) is 41.3 Å². The SMILES string of the molecule is CCCOc1ccc(S(=O)(=O)N2C[C@H](C)O[C@@H](C)C2)c2ccccc12. The molecule has 25 heavy (non-hydrogen) atoms. The Morgan fingerprint density at radius 1 is 1.08 bits per heavy atom. The van der Waals surface area contributed by atoms with Gasteiger partial charge in [-0.2, -0.15) is 4.31 Å². The molecule has 1 fully saturated rings. The molecule has 136 valence electrons. The molecule has 0 aliphatic carbocycles. The number of hydrogen-bond donors (Lipinski definition) is 0. The van der Waals surface area contributed by atoms with Crippen LogP contribution in [-0.2, 0) is 14.8 Å². The predicted molar refractivity (Wildman–Crippen MR) is 98.5 cm³/mol. The highest BCUT2D eigenvalue weighted by molar-refractivity contribution is 7.89. The summed E-state index contributed by atoms with van der Waals surface area (Å²) in [6, 6.07) is 10.9. The summed E-state index contributed by atoms with van der Waals surface area (Å²) in [6.07, 6.45) is 0.673. The van der Waals surface area contributed by atoms with Gasteiger partial charge in [-0.1, -0.05) is 31.2 Å². The predicted octanol–water partition coefficient (Wildman–Crippen LogP) is 3.43. The first-order chi connectivity index (χ1) is 11.9. The molecule has 5 nitrogen and oxygen atoms in total. The quantitative estimate of drug-likeness (QED) is 0.817. The second-order valence-electron chi connectivity index (χ2n) is 6.54. The van der Waals surface area contributed by atoms with Crippen molar-refractivity contribution in [2.24, 2.45) is 0 Å². The summed E-state index contributed by atoms with van der Waals surface area (Å²) in [5, 5.41) is 1.52. The average Bonchev–Trinajstić information content (AvgIpc) is 2.58. The van der Waals surface area contributed by atoms with E-state index in [-0.39, 0.29) is 12.2 Å². The summed E-state index contributed by atoms with van der Waals surface area (Å²) < 4.78 is 39.5. The number of morpholine rings is 1. The lowest BCUT2D eigenvalue weighted by Crippen LogP contribution is -2.48. The lowest BCUT2D eigenvalue weighted by Gasteiger charge is -2.34. The van der Waals surface area contributed by atoms with Gasteiger partial charge in [0.15, 0.2) is 0 Å². The van der Waals surface area contributed by atoms with Crippen molar-refractivity contribution in [2.45, 2.75) is 44.3 Å². The van der Waals surface area contributed by atoms with E-state index in [2.05, 4.69) is 0 Å². The Kier molecular flexibility index (Phi) is 5.32. The fourth-order valence-corrected chi connectivity index (χ4v) is 5.06. The van der Waals surface area contributed by atoms with Gasteiger partial charge in [0.1, 0.15) is 5.75 Å². The summed E-state index contributed by atoms with van der Waals surface area (Å²) in [7, 11) is -3.59. The number of sulfonamides is 1. The van der Waals surface area contributed by atoms with Crippen molar-refractivity contribution in [1.29, 1.82) is 0 Å². The number of benzene rings is 2. The summed E-state index contributed by atoms with van der Waals surface area (Å²) >= 11 is 0. The van der Waals surface area contributed by atoms with E-state index in [1.54, 1.807) is 12.1 Å². The molecule has 2 aromatic carbocycles. The van der Waals surface area contributed by atoms with Crippen molar-refractivity contribution < 1.29 is 17.9 Å². The fourth-order valence-electron chi connectivity index (χ4n) is 3.27. The lowest BCUT2D eigenvalue weighted by atomic mass is 10.1. The van der Waals surface area contributed by atoms with Gasteiger partial charge in [-0.3, -0.25) is 0 Å². The first-order valence-electron chi connectivity index (χ1n) is 8.73. The standard InChI is InChI=1S/C19H25NO4S/c1-4-11-23-18-9-10-19(17-8-6-5-7-16(17)18)25(21,22)20-12-14(2)24-15(3)13-20/h5-10,14-15H,4,11-13H2,1-3H3/t14-,15-/m0/s1. The zero-order valence-corrected chi connectivity index (χ0v) is 15.8. The molecular weight excluding hydrogens is 338 g/mol. The van der Waals surface area contributed by atoms with E-state index in [0.717, 1.165) is 17.6 Å². The smallest absolute Gasteiger partial charge is 0.243 e. The summed E-state index contributed by atoms with van der Waals surface area (Å²) in [4.78, 5) is 0.327. The molecule has 0 saturated carbocycles. The highest BCUT2D eigenvalue weighted by atomic mass is 32.2. The minimum atomic E-state index is -3.59. The Hall–Kier alpha value is -1.63. The van der Waals surface area contributed by atoms with E-state index >= 15 is 0 Å². The molecule has 0 radical (unpaired) electrons. The minimum Gasteiger partial charge on any atom is -0.493 e. The summed E-state index contributed by atoms with van der Waals surface area (Å²) in [5.41, 5.74) is 0. The Labute approximate surface area is 149 Å². The maximum Gasteiger partial charge on any atom is 0.243 e. The van der Waals surface area contributed by atoms with E-state index in [9.17, 15) is 8.42 Å². The van der Waals surface area contributed by atoms with E-state index in [1.165, 1.54) is 4.31 Å². The number of hydrogen-bond acceptors (Lipinski definition) is 4. The molecule has 1 aliphatic heterocycles. The molecule has 1 saturated heterocycles. The first-order valence-corrected chi connectivity index (χ1v) is 10.2. The number of ether oxygens (including phenoxy) is 2. The second kappa shape index (κ2) is 7.32. The summed E-state index contributed by atoms with van der Waals surface area (Å²) in [5.74, 6) is 0.722. The number of rotatable bonds is 5. The van der Waals surface area contributed by atoms with Crippen molar-refractivity contribution in [3.8, 4) is 5.75 Å². The second-order valence-corrected chi connectivity index (χ2v) is 8.44. The highest BCUT2D eigenvalue weighted by Crippen LogP contribution is 2.33. The van der Waals surface area contributed by atoms with Crippen LogP contribution in [0, 0.1) is 0 Å². The minimum absolute atomic E-state index is 0.114. The van der Waals surface area contributed by atoms with E-state index in [4.69, 9.17) is 9.47 Å². The van der Waals surface area contributed by atoms with Gasteiger partial charge in [0.05, 0.1) is 23.7 Å². The molecule has 2 aromatic rings. The van der Waals surface area contributed by atoms with Crippen LogP contribution < -0.4 is 4.74 Å². The van der Waals surface area contributed by atoms with E-state index in [1.807, 2.05) is 45.0 Å². The number of fused-ring (bicyclic) bond motifs is 1. The van der Waals surface area contributed by atoms with Gasteiger partial charge in [0, 0.05) is 23.9 Å². The third kappa shape index (κ3) is 3.66. The average molecular weight is 363 g/mol. The molecule has 0 N–H and O–H groups in total. The summed E-state index contributed by atoms with van der Waals surface area (Å²) in [6.45, 7) is 7.19. The van der Waals surface area contributed by atoms with Crippen molar-refractivity contribution in [1.82, 2.24) is 4.31 Å². The van der Waals surface area contributed by atoms with Crippen molar-refractivity contribution in [2.75, 3.05) is 19.7 Å². The molecular formula is C19H25NO4S. The number of nitrogens with zero attached hydrogens (tertiary/aromatic N) is 1. The van der Waals surface area contributed by atoms with Crippen molar-refractivity contribution in [3.05, 3.63) is 36.4 Å². The van der Waals surface area contributed by atoms with Gasteiger partial charge in [-0.05, 0) is 32.4 Å². The largest absolute Gasteiger partial charge is 0.493 e. The van der Waals surface area contributed by atoms with Gasteiger partial charge in [-0.25, -0.2) is 8.42 Å². The fraction of sp³-hybridized carbons (Fsp3) is 0.474. The van der Waals surface area contributed by atoms with E-state index < -0.39 is 10.0 Å². The molecule has 0 bridgehead atoms. The van der Waals surface area contributed by atoms with Gasteiger partial charge < -0.3 is 9.47 Å². The Morgan fingerprint density at radius 3 is 2.36 bits per heavy atom. The van der Waals surface area contributed by atoms with Crippen LogP contribution in [0.25, 0.3) is 10.8 Å². The monoisotopic (exact) mass is 363 g/mol. The molecule has 0 amide bonds. The van der Waals surface area contributed by atoms with Crippen LogP contribution in [0.5, 0.6) is 5.75 Å². The van der Waals surface area contributed by atoms with Gasteiger partial charge in [0.2, 0.25) is 10.0 Å². The van der Waals surface area contributed by atoms with Crippen LogP contribution in [0.1, 0.15) is 27.2 Å². The van der Waals surface area contributed by atoms with Crippen molar-refractivity contribution >= 4 is 20.8 Å². The molecule has 1 heterocycles. The Morgan fingerprint density at radius 2 is 1.72 bits per heavy atom. The van der Waals surface area contributed by atoms with Gasteiger partial charge in [-0.15, -0.1) is 0 Å². The Balaban J connectivity index is 2.06. The topological polar surface area (TPSA) is 55.8 Å². The van der Waals surface area contributed by atoms with Gasteiger partial charge >= 0.3 is 0 Å². The maximum absolute atomic E-state index is 13.2. The molecule has 0 unspecified atom stereocenters. The van der Waals surface area contributed by atoms with Crippen LogP contribution in [0.2, 0.25) is 0 Å². The molecule has 3 rings (SSSR count). The van der Waals surface area contributed by atoms with Crippen LogP contribution in [-0.4, -0.2) is 44.6 Å². The zero-order chi connectivity index (χ0) is 18.0. The molecule has 6 heteroatoms. The first kappa shape index (κ1) is 18.2. The molecule has 1 aliphatic rings. The highest BCUT2D eigenvalue weighted by Gasteiger charge is 2.33. The normalized spacial score (nSPS) is 22.2. The lowest BCUT2D eigenvalue weighted by molar-refractivity contribution is -0.0440. The zero-order valence-electron chi connectivity index (χ0n) is 14.9. The third-order valence-corrected chi connectivity index (χ3v) is 6.20. The third-order valence-electron chi connectivity index (χ3n) is 4.31. The molecule has 2 atom stereocenters. The van der Waals surface area contributed by atoms with Crippen LogP contribution in [0.4, 0.5) is 0 Å². The maximum atomic E-state index is 13.2. The van der Waals surface area contributed by atoms with Gasteiger partial charge in [0.25, 0.3) is 0 Å². The van der Waals surface area contributed by atoms with Crippen LogP contribution in [0.3, 0.4) is 0 Å². The Bertz CT molecular complexity index is 840.